The standard InChI is InChI=1S/C8H6F3N3O/c9-8(10,11)5-2-1-3-14-6(4-15)12-13-7(5)14/h1-3,15H,4H2. The van der Waals surface area contributed by atoms with Gasteiger partial charge < -0.3 is 5.11 Å². The Morgan fingerprint density at radius 3 is 2.67 bits per heavy atom. The first-order valence-electron chi connectivity index (χ1n) is 4.04. The number of fused-ring (bicyclic) bond motifs is 1. The third-order valence-corrected chi connectivity index (χ3v) is 1.95. The fourth-order valence-corrected chi connectivity index (χ4v) is 1.29. The van der Waals surface area contributed by atoms with Gasteiger partial charge in [0.15, 0.2) is 11.5 Å². The van der Waals surface area contributed by atoms with Crippen molar-refractivity contribution in [2.75, 3.05) is 0 Å². The van der Waals surface area contributed by atoms with Crippen LogP contribution in [0.4, 0.5) is 13.2 Å². The number of halogens is 3. The molecule has 0 spiro atoms. The fraction of sp³-hybridized carbons (Fsp3) is 0.250. The number of hydrogen-bond acceptors (Lipinski definition) is 3. The molecule has 4 nitrogen and oxygen atoms in total. The topological polar surface area (TPSA) is 50.4 Å². The SMILES string of the molecule is OCc1nnc2c(C(F)(F)F)cccn12. The molecule has 0 radical (unpaired) electrons. The molecule has 0 fully saturated rings. The van der Waals surface area contributed by atoms with Crippen LogP contribution in [0.1, 0.15) is 11.4 Å². The summed E-state index contributed by atoms with van der Waals surface area (Å²) in [6, 6.07) is 2.16. The fourth-order valence-electron chi connectivity index (χ4n) is 1.29. The van der Waals surface area contributed by atoms with Gasteiger partial charge in [0, 0.05) is 6.20 Å². The summed E-state index contributed by atoms with van der Waals surface area (Å²) in [4.78, 5) is 0. The van der Waals surface area contributed by atoms with Crippen molar-refractivity contribution in [1.82, 2.24) is 14.6 Å². The van der Waals surface area contributed by atoms with E-state index in [1.165, 1.54) is 12.3 Å². The highest BCUT2D eigenvalue weighted by atomic mass is 19.4. The van der Waals surface area contributed by atoms with Crippen LogP contribution in [0.3, 0.4) is 0 Å². The van der Waals surface area contributed by atoms with Gasteiger partial charge >= 0.3 is 6.18 Å². The average molecular weight is 217 g/mol. The number of aromatic nitrogens is 3. The predicted octanol–water partition coefficient (Wildman–Crippen LogP) is 1.24. The predicted molar refractivity (Wildman–Crippen MR) is 43.9 cm³/mol. The van der Waals surface area contributed by atoms with E-state index in [1.54, 1.807) is 0 Å². The van der Waals surface area contributed by atoms with E-state index >= 15 is 0 Å². The first-order valence-corrected chi connectivity index (χ1v) is 4.04. The van der Waals surface area contributed by atoms with Crippen LogP contribution in [0.25, 0.3) is 5.65 Å². The van der Waals surface area contributed by atoms with Crippen LogP contribution < -0.4 is 0 Å². The number of aliphatic hydroxyl groups excluding tert-OH is 1. The largest absolute Gasteiger partial charge is 0.420 e. The Bertz CT molecular complexity index is 491. The third-order valence-electron chi connectivity index (χ3n) is 1.95. The maximum absolute atomic E-state index is 12.5. The highest BCUT2D eigenvalue weighted by molar-refractivity contribution is 5.49. The Balaban J connectivity index is 2.73. The van der Waals surface area contributed by atoms with E-state index in [0.29, 0.717) is 0 Å². The first-order chi connectivity index (χ1) is 7.04. The zero-order chi connectivity index (χ0) is 11.1. The molecule has 0 amide bonds. The van der Waals surface area contributed by atoms with Gasteiger partial charge in [-0.3, -0.25) is 4.40 Å². The van der Waals surface area contributed by atoms with Gasteiger partial charge in [0.25, 0.3) is 0 Å². The Kier molecular flexibility index (Phi) is 2.11. The molecule has 0 aliphatic heterocycles. The van der Waals surface area contributed by atoms with Gasteiger partial charge in [0.2, 0.25) is 0 Å². The average Bonchev–Trinajstić information content (AvgIpc) is 2.58. The zero-order valence-electron chi connectivity index (χ0n) is 7.36. The van der Waals surface area contributed by atoms with Gasteiger partial charge in [-0.2, -0.15) is 13.2 Å². The third kappa shape index (κ3) is 1.54. The second-order valence-electron chi connectivity index (χ2n) is 2.89. The Morgan fingerprint density at radius 2 is 2.07 bits per heavy atom. The van der Waals surface area contributed by atoms with Crippen molar-refractivity contribution in [3.05, 3.63) is 29.7 Å². The Labute approximate surface area is 82.0 Å². The molecular formula is C8H6F3N3O. The van der Waals surface area contributed by atoms with E-state index in [2.05, 4.69) is 10.2 Å². The van der Waals surface area contributed by atoms with Crippen molar-refractivity contribution in [3.63, 3.8) is 0 Å². The molecular weight excluding hydrogens is 211 g/mol. The Hall–Kier alpha value is -1.63. The molecule has 0 aliphatic carbocycles. The van der Waals surface area contributed by atoms with Crippen LogP contribution in [0, 0.1) is 0 Å². The minimum Gasteiger partial charge on any atom is -0.388 e. The Morgan fingerprint density at radius 1 is 1.33 bits per heavy atom. The van der Waals surface area contributed by atoms with Crippen molar-refractivity contribution < 1.29 is 18.3 Å². The van der Waals surface area contributed by atoms with Gasteiger partial charge in [0.1, 0.15) is 12.2 Å². The number of alkyl halides is 3. The maximum Gasteiger partial charge on any atom is 0.420 e. The van der Waals surface area contributed by atoms with Gasteiger partial charge in [-0.1, -0.05) is 0 Å². The number of nitrogens with zero attached hydrogens (tertiary/aromatic N) is 3. The number of rotatable bonds is 1. The molecule has 2 heterocycles. The summed E-state index contributed by atoms with van der Waals surface area (Å²) in [5.74, 6) is 0.0797. The van der Waals surface area contributed by atoms with E-state index in [4.69, 9.17) is 5.11 Å². The molecule has 80 valence electrons. The minimum absolute atomic E-state index is 0.0797. The lowest BCUT2D eigenvalue weighted by molar-refractivity contribution is -0.136. The number of pyridine rings is 1. The minimum atomic E-state index is -4.47. The second-order valence-corrected chi connectivity index (χ2v) is 2.89. The molecule has 0 aliphatic rings. The normalized spacial score (nSPS) is 12.3. The van der Waals surface area contributed by atoms with Crippen molar-refractivity contribution in [1.29, 1.82) is 0 Å². The van der Waals surface area contributed by atoms with Crippen LogP contribution in [0.2, 0.25) is 0 Å². The van der Waals surface area contributed by atoms with Crippen LogP contribution in [-0.2, 0) is 12.8 Å². The summed E-state index contributed by atoms with van der Waals surface area (Å²) >= 11 is 0. The molecule has 0 unspecified atom stereocenters. The highest BCUT2D eigenvalue weighted by Gasteiger charge is 2.34. The zero-order valence-corrected chi connectivity index (χ0v) is 7.36. The molecule has 2 rings (SSSR count). The summed E-state index contributed by atoms with van der Waals surface area (Å²) in [7, 11) is 0. The van der Waals surface area contributed by atoms with Crippen LogP contribution in [0.5, 0.6) is 0 Å². The van der Waals surface area contributed by atoms with Crippen molar-refractivity contribution in [2.24, 2.45) is 0 Å². The van der Waals surface area contributed by atoms with E-state index in [-0.39, 0.29) is 11.5 Å². The van der Waals surface area contributed by atoms with Gasteiger partial charge in [0.05, 0.1) is 0 Å². The van der Waals surface area contributed by atoms with E-state index in [9.17, 15) is 13.2 Å². The van der Waals surface area contributed by atoms with E-state index < -0.39 is 18.3 Å². The smallest absolute Gasteiger partial charge is 0.388 e. The lowest BCUT2D eigenvalue weighted by atomic mass is 10.2. The molecule has 2 aromatic heterocycles. The molecule has 2 aromatic rings. The van der Waals surface area contributed by atoms with Crippen molar-refractivity contribution in [2.45, 2.75) is 12.8 Å². The van der Waals surface area contributed by atoms with Gasteiger partial charge in [-0.05, 0) is 12.1 Å². The molecule has 0 bridgehead atoms. The lowest BCUT2D eigenvalue weighted by Gasteiger charge is -2.06. The molecule has 0 saturated carbocycles. The number of hydrogen-bond donors (Lipinski definition) is 1. The summed E-state index contributed by atoms with van der Waals surface area (Å²) in [6.07, 6.45) is -3.10. The monoisotopic (exact) mass is 217 g/mol. The summed E-state index contributed by atoms with van der Waals surface area (Å²) in [5.41, 5.74) is -1.16. The lowest BCUT2D eigenvalue weighted by Crippen LogP contribution is -2.08. The first kappa shape index (κ1) is 9.91. The van der Waals surface area contributed by atoms with Crippen LogP contribution in [-0.4, -0.2) is 19.7 Å². The summed E-state index contributed by atoms with van der Waals surface area (Å²) in [6.45, 7) is -0.456. The second kappa shape index (κ2) is 3.20. The van der Waals surface area contributed by atoms with Crippen LogP contribution >= 0.6 is 0 Å². The van der Waals surface area contributed by atoms with Crippen molar-refractivity contribution in [3.8, 4) is 0 Å². The maximum atomic E-state index is 12.5. The van der Waals surface area contributed by atoms with Gasteiger partial charge in [-0.15, -0.1) is 10.2 Å². The summed E-state index contributed by atoms with van der Waals surface area (Å²) in [5, 5.41) is 15.7. The molecule has 15 heavy (non-hydrogen) atoms. The molecule has 0 aromatic carbocycles. The van der Waals surface area contributed by atoms with E-state index in [1.807, 2.05) is 0 Å². The van der Waals surface area contributed by atoms with Crippen LogP contribution in [0.15, 0.2) is 18.3 Å². The highest BCUT2D eigenvalue weighted by Crippen LogP contribution is 2.31. The number of aliphatic hydroxyl groups is 1. The molecule has 7 heteroatoms. The summed E-state index contributed by atoms with van der Waals surface area (Å²) < 4.78 is 38.6. The van der Waals surface area contributed by atoms with Crippen molar-refractivity contribution >= 4 is 5.65 Å². The quantitative estimate of drug-likeness (QED) is 0.781. The molecule has 1 N–H and O–H groups in total. The van der Waals surface area contributed by atoms with Gasteiger partial charge in [-0.25, -0.2) is 0 Å². The molecule has 0 saturated heterocycles. The molecule has 0 atom stereocenters. The van der Waals surface area contributed by atoms with E-state index in [0.717, 1.165) is 10.5 Å².